The molecule has 2 aromatic heterocycles. The summed E-state index contributed by atoms with van der Waals surface area (Å²) in [7, 11) is 0. The van der Waals surface area contributed by atoms with Crippen molar-refractivity contribution in [3.8, 4) is 0 Å². The minimum absolute atomic E-state index is 0.104. The summed E-state index contributed by atoms with van der Waals surface area (Å²) in [5.41, 5.74) is -3.33. The van der Waals surface area contributed by atoms with Crippen LogP contribution in [0.3, 0.4) is 0 Å². The molecule has 0 radical (unpaired) electrons. The molecular formula is C18H23N5O8. The molecule has 0 bridgehead atoms. The van der Waals surface area contributed by atoms with Gasteiger partial charge in [-0.1, -0.05) is 13.8 Å². The number of H-pyrrole nitrogens is 1. The summed E-state index contributed by atoms with van der Waals surface area (Å²) >= 11 is 0. The van der Waals surface area contributed by atoms with Crippen molar-refractivity contribution >= 4 is 34.8 Å². The Morgan fingerprint density at radius 2 is 2.06 bits per heavy atom. The highest BCUT2D eigenvalue weighted by atomic mass is 16.6. The first-order chi connectivity index (χ1) is 14.5. The monoisotopic (exact) mass is 437 g/mol. The molecule has 0 saturated carbocycles. The van der Waals surface area contributed by atoms with Crippen molar-refractivity contribution in [2.75, 3.05) is 11.9 Å². The summed E-state index contributed by atoms with van der Waals surface area (Å²) < 4.78 is 11.8. The number of imidazole rings is 1. The van der Waals surface area contributed by atoms with Crippen LogP contribution in [0.5, 0.6) is 0 Å². The van der Waals surface area contributed by atoms with Crippen LogP contribution in [-0.2, 0) is 23.9 Å². The Labute approximate surface area is 175 Å². The van der Waals surface area contributed by atoms with Crippen molar-refractivity contribution in [1.82, 2.24) is 19.5 Å². The van der Waals surface area contributed by atoms with E-state index >= 15 is 0 Å². The number of ketones is 1. The number of aromatic nitrogens is 4. The summed E-state index contributed by atoms with van der Waals surface area (Å²) in [6.07, 6.45) is -3.16. The summed E-state index contributed by atoms with van der Waals surface area (Å²) in [6, 6.07) is 0. The number of Topliss-reactive ketones (excluding diaryl/α,β-unsaturated/α-hetero) is 1. The van der Waals surface area contributed by atoms with Gasteiger partial charge in [-0.3, -0.25) is 34.0 Å². The molecule has 13 nitrogen and oxygen atoms in total. The Bertz CT molecular complexity index is 1090. The maximum Gasteiger partial charge on any atom is 0.303 e. The second kappa shape index (κ2) is 8.17. The summed E-state index contributed by atoms with van der Waals surface area (Å²) in [5.74, 6) is -2.56. The van der Waals surface area contributed by atoms with Crippen molar-refractivity contribution in [1.29, 1.82) is 0 Å². The number of nitrogens with zero attached hydrogens (tertiary/aromatic N) is 3. The Balaban J connectivity index is 2.14. The molecule has 13 heteroatoms. The van der Waals surface area contributed by atoms with Crippen LogP contribution in [0.2, 0.25) is 0 Å². The molecule has 31 heavy (non-hydrogen) atoms. The smallest absolute Gasteiger partial charge is 0.303 e. The van der Waals surface area contributed by atoms with E-state index in [9.17, 15) is 29.4 Å². The van der Waals surface area contributed by atoms with Crippen LogP contribution in [0.25, 0.3) is 11.2 Å². The van der Waals surface area contributed by atoms with E-state index in [0.29, 0.717) is 0 Å². The highest BCUT2D eigenvalue weighted by molar-refractivity contribution is 5.91. The van der Waals surface area contributed by atoms with E-state index in [2.05, 4.69) is 20.3 Å². The van der Waals surface area contributed by atoms with E-state index in [1.165, 1.54) is 0 Å². The van der Waals surface area contributed by atoms with Gasteiger partial charge >= 0.3 is 5.97 Å². The van der Waals surface area contributed by atoms with E-state index in [1.807, 2.05) is 0 Å². The average molecular weight is 437 g/mol. The summed E-state index contributed by atoms with van der Waals surface area (Å²) in [4.78, 5) is 58.8. The van der Waals surface area contributed by atoms with Crippen molar-refractivity contribution < 1.29 is 34.1 Å². The second-order valence-electron chi connectivity index (χ2n) is 7.50. The molecule has 0 spiro atoms. The van der Waals surface area contributed by atoms with Crippen LogP contribution in [0.15, 0.2) is 11.1 Å². The zero-order chi connectivity index (χ0) is 23.1. The van der Waals surface area contributed by atoms with Crippen LogP contribution in [0, 0.1) is 5.92 Å². The van der Waals surface area contributed by atoms with Gasteiger partial charge in [0.1, 0.15) is 6.10 Å². The van der Waals surface area contributed by atoms with Gasteiger partial charge in [-0.15, -0.1) is 0 Å². The highest BCUT2D eigenvalue weighted by Crippen LogP contribution is 2.41. The molecule has 4 atom stereocenters. The fraction of sp³-hybridized carbons (Fsp3) is 0.556. The van der Waals surface area contributed by atoms with Crippen LogP contribution in [-0.4, -0.2) is 71.8 Å². The largest absolute Gasteiger partial charge is 0.456 e. The van der Waals surface area contributed by atoms with Crippen molar-refractivity contribution in [3.63, 3.8) is 0 Å². The van der Waals surface area contributed by atoms with Gasteiger partial charge in [0.15, 0.2) is 29.3 Å². The van der Waals surface area contributed by atoms with E-state index in [0.717, 1.165) is 24.7 Å². The number of esters is 1. The number of anilines is 1. The van der Waals surface area contributed by atoms with Gasteiger partial charge in [0.2, 0.25) is 17.5 Å². The molecule has 0 aliphatic carbocycles. The van der Waals surface area contributed by atoms with Crippen LogP contribution in [0.4, 0.5) is 5.95 Å². The fourth-order valence-electron chi connectivity index (χ4n) is 3.32. The number of amides is 1. The predicted molar refractivity (Wildman–Crippen MR) is 104 cm³/mol. The number of carbonyl (C=O) groups is 3. The zero-order valence-corrected chi connectivity index (χ0v) is 17.3. The molecular weight excluding hydrogens is 414 g/mol. The first-order valence-corrected chi connectivity index (χ1v) is 9.45. The second-order valence-corrected chi connectivity index (χ2v) is 7.50. The van der Waals surface area contributed by atoms with Crippen molar-refractivity contribution in [3.05, 3.63) is 16.7 Å². The lowest BCUT2D eigenvalue weighted by Gasteiger charge is -2.30. The zero-order valence-electron chi connectivity index (χ0n) is 17.3. The average Bonchev–Trinajstić information content (AvgIpc) is 3.21. The number of aromatic amines is 1. The van der Waals surface area contributed by atoms with E-state index in [4.69, 9.17) is 9.47 Å². The number of hydrogen-bond donors (Lipinski definition) is 4. The lowest BCUT2D eigenvalue weighted by molar-refractivity contribution is -0.170. The molecule has 1 aliphatic heterocycles. The third kappa shape index (κ3) is 3.82. The summed E-state index contributed by atoms with van der Waals surface area (Å²) in [5, 5.41) is 23.3. The maximum atomic E-state index is 12.4. The number of rotatable bonds is 6. The van der Waals surface area contributed by atoms with E-state index < -0.39 is 53.9 Å². The number of nitrogens with one attached hydrogen (secondary N) is 2. The molecule has 4 N–H and O–H groups in total. The summed E-state index contributed by atoms with van der Waals surface area (Å²) in [6.45, 7) is 4.79. The quantitative estimate of drug-likeness (QED) is 0.402. The van der Waals surface area contributed by atoms with Crippen LogP contribution < -0.4 is 10.9 Å². The lowest BCUT2D eigenvalue weighted by atomic mass is 9.90. The number of hydrogen-bond acceptors (Lipinski definition) is 10. The SMILES string of the molecule is CC(=O)O[C@@H]1[C@@H](CO)O[C@@H](n2cnc3c(=O)[nH]c(NC(=O)C(C)C)nc32)[C@@]1(O)C(C)=O. The van der Waals surface area contributed by atoms with Gasteiger partial charge in [-0.25, -0.2) is 4.98 Å². The van der Waals surface area contributed by atoms with Crippen LogP contribution >= 0.6 is 0 Å². The fourth-order valence-corrected chi connectivity index (χ4v) is 3.32. The molecule has 3 rings (SSSR count). The topological polar surface area (TPSA) is 186 Å². The Morgan fingerprint density at radius 1 is 1.39 bits per heavy atom. The first-order valence-electron chi connectivity index (χ1n) is 9.45. The van der Waals surface area contributed by atoms with Gasteiger partial charge in [-0.05, 0) is 6.92 Å². The molecule has 2 aromatic rings. The molecule has 0 unspecified atom stereocenters. The maximum absolute atomic E-state index is 12.4. The minimum Gasteiger partial charge on any atom is -0.456 e. The predicted octanol–water partition coefficient (Wildman–Crippen LogP) is -1.14. The van der Waals surface area contributed by atoms with Crippen molar-refractivity contribution in [2.45, 2.75) is 51.7 Å². The Kier molecular flexibility index (Phi) is 5.93. The van der Waals surface area contributed by atoms with Crippen LogP contribution in [0.1, 0.15) is 33.9 Å². The van der Waals surface area contributed by atoms with Gasteiger partial charge in [-0.2, -0.15) is 4.98 Å². The lowest BCUT2D eigenvalue weighted by Crippen LogP contribution is -2.54. The standard InChI is InChI=1S/C18H23N5O8/c1-7(2)14(27)21-17-20-13-11(15(28)22-17)19-6-23(13)16-18(29,8(3)25)12(30-9(4)26)10(5-24)31-16/h6-7,10,12,16,24,29H,5H2,1-4H3,(H2,20,21,22,27,28)/t10-,12-,16-,18-/m1/s1. The number of aliphatic hydroxyl groups excluding tert-OH is 1. The molecule has 1 saturated heterocycles. The van der Waals surface area contributed by atoms with Gasteiger partial charge in [0.05, 0.1) is 12.9 Å². The number of ether oxygens (including phenoxy) is 2. The van der Waals surface area contributed by atoms with Gasteiger partial charge in [0, 0.05) is 12.8 Å². The Hall–Kier alpha value is -3.16. The minimum atomic E-state index is -2.40. The number of carbonyl (C=O) groups excluding carboxylic acids is 3. The normalized spacial score (nSPS) is 25.7. The van der Waals surface area contributed by atoms with Gasteiger partial charge < -0.3 is 19.7 Å². The van der Waals surface area contributed by atoms with E-state index in [1.54, 1.807) is 13.8 Å². The third-order valence-electron chi connectivity index (χ3n) is 4.94. The first kappa shape index (κ1) is 22.5. The molecule has 1 aliphatic rings. The van der Waals surface area contributed by atoms with E-state index in [-0.39, 0.29) is 23.0 Å². The molecule has 168 valence electrons. The molecule has 0 aromatic carbocycles. The Morgan fingerprint density at radius 3 is 2.61 bits per heavy atom. The third-order valence-corrected chi connectivity index (χ3v) is 4.94. The molecule has 3 heterocycles. The number of aliphatic hydroxyl groups is 2. The molecule has 1 amide bonds. The van der Waals surface area contributed by atoms with Crippen molar-refractivity contribution in [2.24, 2.45) is 5.92 Å². The highest BCUT2D eigenvalue weighted by Gasteiger charge is 2.62. The molecule has 1 fully saturated rings. The number of fused-ring (bicyclic) bond motifs is 1. The van der Waals surface area contributed by atoms with Gasteiger partial charge in [0.25, 0.3) is 5.56 Å².